The molecular weight excluding hydrogens is 380 g/mol. The number of aromatic nitrogens is 1. The Balaban J connectivity index is 1.62. The number of nitrogens with one attached hydrogen (secondary N) is 1. The van der Waals surface area contributed by atoms with E-state index in [2.05, 4.69) is 10.3 Å². The van der Waals surface area contributed by atoms with Crippen LogP contribution in [-0.4, -0.2) is 23.3 Å². The van der Waals surface area contributed by atoms with Crippen LogP contribution in [-0.2, 0) is 9.59 Å². The van der Waals surface area contributed by atoms with Crippen LogP contribution in [0.1, 0.15) is 22.8 Å². The fourth-order valence-electron chi connectivity index (χ4n) is 3.31. The minimum atomic E-state index is -0.862. The van der Waals surface area contributed by atoms with Crippen molar-refractivity contribution in [3.63, 3.8) is 0 Å². The van der Waals surface area contributed by atoms with Gasteiger partial charge in [0.2, 0.25) is 12.0 Å². The average Bonchev–Trinajstić information content (AvgIpc) is 2.73. The molecule has 7 heteroatoms. The SMILES string of the molecule is Cc1ccc(NC(=O)CN2C(=O)C(c3ccccc3)Oc3ccc(N)nc32)cc1C. The van der Waals surface area contributed by atoms with Crippen LogP contribution in [0.3, 0.4) is 0 Å². The predicted octanol–water partition coefficient (Wildman–Crippen LogP) is 3.39. The molecule has 2 amide bonds. The zero-order valence-corrected chi connectivity index (χ0v) is 16.8. The fourth-order valence-corrected chi connectivity index (χ4v) is 3.31. The van der Waals surface area contributed by atoms with Crippen LogP contribution in [0.15, 0.2) is 60.7 Å². The van der Waals surface area contributed by atoms with Crippen molar-refractivity contribution in [3.8, 4) is 5.75 Å². The van der Waals surface area contributed by atoms with E-state index in [0.717, 1.165) is 11.1 Å². The Morgan fingerprint density at radius 2 is 1.87 bits per heavy atom. The maximum Gasteiger partial charge on any atom is 0.274 e. The smallest absolute Gasteiger partial charge is 0.274 e. The van der Waals surface area contributed by atoms with Gasteiger partial charge in [0.1, 0.15) is 12.4 Å². The maximum absolute atomic E-state index is 13.2. The van der Waals surface area contributed by atoms with Crippen LogP contribution in [0.5, 0.6) is 5.75 Å². The van der Waals surface area contributed by atoms with Gasteiger partial charge in [-0.25, -0.2) is 4.98 Å². The number of amides is 2. The van der Waals surface area contributed by atoms with Crippen molar-refractivity contribution in [2.24, 2.45) is 0 Å². The van der Waals surface area contributed by atoms with Crippen LogP contribution < -0.4 is 20.7 Å². The molecular formula is C23H22N4O3. The highest BCUT2D eigenvalue weighted by molar-refractivity contribution is 6.06. The first-order chi connectivity index (χ1) is 14.4. The summed E-state index contributed by atoms with van der Waals surface area (Å²) in [6, 6.07) is 18.1. The van der Waals surface area contributed by atoms with Crippen molar-refractivity contribution in [1.82, 2.24) is 4.98 Å². The van der Waals surface area contributed by atoms with Gasteiger partial charge in [-0.3, -0.25) is 14.5 Å². The van der Waals surface area contributed by atoms with E-state index in [1.165, 1.54) is 4.90 Å². The van der Waals surface area contributed by atoms with Crippen LogP contribution in [0, 0.1) is 13.8 Å². The van der Waals surface area contributed by atoms with Gasteiger partial charge < -0.3 is 15.8 Å². The molecule has 30 heavy (non-hydrogen) atoms. The molecule has 3 N–H and O–H groups in total. The number of rotatable bonds is 4. The normalized spacial score (nSPS) is 15.3. The summed E-state index contributed by atoms with van der Waals surface area (Å²) >= 11 is 0. The van der Waals surface area contributed by atoms with E-state index in [0.29, 0.717) is 17.0 Å². The topological polar surface area (TPSA) is 97.5 Å². The number of benzene rings is 2. The number of fused-ring (bicyclic) bond motifs is 1. The number of nitrogens with two attached hydrogens (primary N) is 1. The Hall–Kier alpha value is -3.87. The summed E-state index contributed by atoms with van der Waals surface area (Å²) < 4.78 is 5.90. The molecule has 1 unspecified atom stereocenters. The molecule has 0 saturated heterocycles. The fraction of sp³-hybridized carbons (Fsp3) is 0.174. The van der Waals surface area contributed by atoms with Crippen molar-refractivity contribution in [2.45, 2.75) is 20.0 Å². The van der Waals surface area contributed by atoms with Crippen LogP contribution >= 0.6 is 0 Å². The molecule has 3 aromatic rings. The third kappa shape index (κ3) is 3.82. The molecule has 4 rings (SSSR count). The van der Waals surface area contributed by atoms with Crippen LogP contribution in [0.4, 0.5) is 17.3 Å². The minimum Gasteiger partial charge on any atom is -0.472 e. The Morgan fingerprint density at radius 1 is 1.10 bits per heavy atom. The van der Waals surface area contributed by atoms with Crippen LogP contribution in [0.2, 0.25) is 0 Å². The van der Waals surface area contributed by atoms with E-state index >= 15 is 0 Å². The summed E-state index contributed by atoms with van der Waals surface area (Å²) in [4.78, 5) is 31.5. The van der Waals surface area contributed by atoms with E-state index in [-0.39, 0.29) is 30.0 Å². The van der Waals surface area contributed by atoms with Gasteiger partial charge in [-0.05, 0) is 49.2 Å². The highest BCUT2D eigenvalue weighted by Gasteiger charge is 2.37. The molecule has 2 aromatic carbocycles. The molecule has 0 saturated carbocycles. The number of carbonyl (C=O) groups is 2. The van der Waals surface area contributed by atoms with Gasteiger partial charge in [0.25, 0.3) is 5.91 Å². The molecule has 1 aliphatic heterocycles. The van der Waals surface area contributed by atoms with Crippen molar-refractivity contribution in [2.75, 3.05) is 22.5 Å². The summed E-state index contributed by atoms with van der Waals surface area (Å²) in [6.45, 7) is 3.77. The lowest BCUT2D eigenvalue weighted by atomic mass is 10.1. The third-order valence-corrected chi connectivity index (χ3v) is 5.05. The first-order valence-electron chi connectivity index (χ1n) is 9.59. The summed E-state index contributed by atoms with van der Waals surface area (Å²) in [7, 11) is 0. The molecule has 1 atom stereocenters. The lowest BCUT2D eigenvalue weighted by Crippen LogP contribution is -2.45. The number of pyridine rings is 1. The van der Waals surface area contributed by atoms with Gasteiger partial charge in [-0.1, -0.05) is 36.4 Å². The summed E-state index contributed by atoms with van der Waals surface area (Å²) in [5.41, 5.74) is 9.39. The second kappa shape index (κ2) is 7.87. The van der Waals surface area contributed by atoms with Gasteiger partial charge in [-0.15, -0.1) is 0 Å². The highest BCUT2D eigenvalue weighted by Crippen LogP contribution is 2.38. The Labute approximate surface area is 174 Å². The predicted molar refractivity (Wildman–Crippen MR) is 115 cm³/mol. The van der Waals surface area contributed by atoms with E-state index in [1.54, 1.807) is 12.1 Å². The van der Waals surface area contributed by atoms with E-state index in [1.807, 2.05) is 62.4 Å². The molecule has 1 aliphatic rings. The quantitative estimate of drug-likeness (QED) is 0.697. The first-order valence-corrected chi connectivity index (χ1v) is 9.59. The highest BCUT2D eigenvalue weighted by atomic mass is 16.5. The molecule has 0 aliphatic carbocycles. The van der Waals surface area contributed by atoms with Crippen molar-refractivity contribution < 1.29 is 14.3 Å². The summed E-state index contributed by atoms with van der Waals surface area (Å²) in [6.07, 6.45) is -0.862. The standard InChI is InChI=1S/C23H22N4O3/c1-14-8-9-17(12-15(14)2)25-20(28)13-27-22-18(10-11-19(24)26-22)30-21(23(27)29)16-6-4-3-5-7-16/h3-12,21H,13H2,1-2H3,(H2,24,26)(H,25,28). The summed E-state index contributed by atoms with van der Waals surface area (Å²) in [5.74, 6) is 0.166. The van der Waals surface area contributed by atoms with E-state index in [4.69, 9.17) is 10.5 Å². The molecule has 152 valence electrons. The first kappa shape index (κ1) is 19.4. The summed E-state index contributed by atoms with van der Waals surface area (Å²) in [5, 5.41) is 2.85. The molecule has 0 fully saturated rings. The third-order valence-electron chi connectivity index (χ3n) is 5.05. The number of carbonyl (C=O) groups excluding carboxylic acids is 2. The van der Waals surface area contributed by atoms with Crippen LogP contribution in [0.25, 0.3) is 0 Å². The molecule has 0 radical (unpaired) electrons. The second-order valence-electron chi connectivity index (χ2n) is 7.24. The Morgan fingerprint density at radius 3 is 2.60 bits per heavy atom. The van der Waals surface area contributed by atoms with E-state index < -0.39 is 6.10 Å². The monoisotopic (exact) mass is 402 g/mol. The van der Waals surface area contributed by atoms with Gasteiger partial charge in [0.15, 0.2) is 11.6 Å². The van der Waals surface area contributed by atoms with Gasteiger partial charge in [0.05, 0.1) is 0 Å². The molecule has 1 aromatic heterocycles. The van der Waals surface area contributed by atoms with Gasteiger partial charge >= 0.3 is 0 Å². The molecule has 7 nitrogen and oxygen atoms in total. The number of nitrogens with zero attached hydrogens (tertiary/aromatic N) is 2. The largest absolute Gasteiger partial charge is 0.472 e. The molecule has 0 spiro atoms. The van der Waals surface area contributed by atoms with Gasteiger partial charge in [-0.2, -0.15) is 0 Å². The van der Waals surface area contributed by atoms with Gasteiger partial charge in [0, 0.05) is 11.3 Å². The average molecular weight is 402 g/mol. The molecule has 2 heterocycles. The maximum atomic E-state index is 13.2. The molecule has 0 bridgehead atoms. The number of hydrogen-bond donors (Lipinski definition) is 2. The second-order valence-corrected chi connectivity index (χ2v) is 7.24. The minimum absolute atomic E-state index is 0.206. The lowest BCUT2D eigenvalue weighted by molar-refractivity contribution is -0.128. The number of hydrogen-bond acceptors (Lipinski definition) is 5. The number of anilines is 3. The van der Waals surface area contributed by atoms with Crippen molar-refractivity contribution >= 4 is 29.1 Å². The number of aryl methyl sites for hydroxylation is 2. The zero-order chi connectivity index (χ0) is 21.3. The van der Waals surface area contributed by atoms with Crippen molar-refractivity contribution in [1.29, 1.82) is 0 Å². The Bertz CT molecular complexity index is 1110. The Kier molecular flexibility index (Phi) is 5.10. The zero-order valence-electron chi connectivity index (χ0n) is 16.8. The lowest BCUT2D eigenvalue weighted by Gasteiger charge is -2.33. The number of nitrogen functional groups attached to an aromatic ring is 1. The number of ether oxygens (including phenoxy) is 1. The van der Waals surface area contributed by atoms with E-state index in [9.17, 15) is 9.59 Å². The van der Waals surface area contributed by atoms with Crippen molar-refractivity contribution in [3.05, 3.63) is 77.4 Å².